The first kappa shape index (κ1) is 12.5. The fraction of sp³-hybridized carbons (Fsp3) is 0.308. The summed E-state index contributed by atoms with van der Waals surface area (Å²) in [7, 11) is 0. The molecule has 0 spiro atoms. The summed E-state index contributed by atoms with van der Waals surface area (Å²) in [5.74, 6) is 1.57. The fourth-order valence-corrected chi connectivity index (χ4v) is 1.92. The SMILES string of the molecule is CC(C)(C)n1ncnc1-c1ccc(-n2cnnc2)nc1. The smallest absolute Gasteiger partial charge is 0.160 e. The Morgan fingerprint density at radius 1 is 1.00 bits per heavy atom. The summed E-state index contributed by atoms with van der Waals surface area (Å²) >= 11 is 0. The van der Waals surface area contributed by atoms with Gasteiger partial charge >= 0.3 is 0 Å². The van der Waals surface area contributed by atoms with Gasteiger partial charge < -0.3 is 0 Å². The van der Waals surface area contributed by atoms with Crippen molar-refractivity contribution in [3.05, 3.63) is 37.3 Å². The van der Waals surface area contributed by atoms with Crippen LogP contribution in [-0.2, 0) is 5.54 Å². The first-order valence-electron chi connectivity index (χ1n) is 6.27. The molecule has 0 aliphatic rings. The van der Waals surface area contributed by atoms with E-state index in [1.807, 2.05) is 16.8 Å². The van der Waals surface area contributed by atoms with Gasteiger partial charge in [-0.2, -0.15) is 5.10 Å². The monoisotopic (exact) mass is 269 g/mol. The van der Waals surface area contributed by atoms with Crippen LogP contribution in [0.3, 0.4) is 0 Å². The maximum atomic E-state index is 4.40. The van der Waals surface area contributed by atoms with E-state index in [-0.39, 0.29) is 5.54 Å². The molecule has 7 heteroatoms. The normalized spacial score (nSPS) is 11.8. The van der Waals surface area contributed by atoms with Crippen molar-refractivity contribution in [3.8, 4) is 17.2 Å². The van der Waals surface area contributed by atoms with Crippen LogP contribution in [0.15, 0.2) is 37.3 Å². The highest BCUT2D eigenvalue weighted by molar-refractivity contribution is 5.54. The second-order valence-electron chi connectivity index (χ2n) is 5.44. The number of nitrogens with zero attached hydrogens (tertiary/aromatic N) is 7. The van der Waals surface area contributed by atoms with Crippen molar-refractivity contribution in [2.45, 2.75) is 26.3 Å². The molecular formula is C13H15N7. The minimum atomic E-state index is -0.126. The van der Waals surface area contributed by atoms with Crippen molar-refractivity contribution in [1.29, 1.82) is 0 Å². The Morgan fingerprint density at radius 2 is 1.75 bits per heavy atom. The molecule has 0 aromatic carbocycles. The van der Waals surface area contributed by atoms with Gasteiger partial charge in [-0.05, 0) is 32.9 Å². The first-order valence-corrected chi connectivity index (χ1v) is 6.27. The van der Waals surface area contributed by atoms with Crippen molar-refractivity contribution in [2.75, 3.05) is 0 Å². The molecule has 0 fully saturated rings. The number of hydrogen-bond donors (Lipinski definition) is 0. The van der Waals surface area contributed by atoms with Crippen LogP contribution in [0.4, 0.5) is 0 Å². The zero-order valence-electron chi connectivity index (χ0n) is 11.6. The van der Waals surface area contributed by atoms with Crippen molar-refractivity contribution in [1.82, 2.24) is 34.5 Å². The van der Waals surface area contributed by atoms with Gasteiger partial charge in [-0.1, -0.05) is 0 Å². The van der Waals surface area contributed by atoms with Gasteiger partial charge in [0.15, 0.2) is 5.82 Å². The highest BCUT2D eigenvalue weighted by Crippen LogP contribution is 2.22. The Morgan fingerprint density at radius 3 is 2.35 bits per heavy atom. The standard InChI is InChI=1S/C13H15N7/c1-13(2,3)20-12(15-7-18-20)10-4-5-11(14-6-10)19-8-16-17-9-19/h4-9H,1-3H3. The lowest BCUT2D eigenvalue weighted by molar-refractivity contribution is 0.359. The lowest BCUT2D eigenvalue weighted by atomic mass is 10.1. The lowest BCUT2D eigenvalue weighted by Gasteiger charge is -2.21. The van der Waals surface area contributed by atoms with Crippen LogP contribution in [0.1, 0.15) is 20.8 Å². The lowest BCUT2D eigenvalue weighted by Crippen LogP contribution is -2.24. The predicted molar refractivity (Wildman–Crippen MR) is 73.2 cm³/mol. The minimum absolute atomic E-state index is 0.126. The van der Waals surface area contributed by atoms with E-state index in [4.69, 9.17) is 0 Å². The van der Waals surface area contributed by atoms with Gasteiger partial charge in [-0.3, -0.25) is 4.57 Å². The number of rotatable bonds is 2. The summed E-state index contributed by atoms with van der Waals surface area (Å²) in [6.07, 6.45) is 6.56. The molecule has 102 valence electrons. The van der Waals surface area contributed by atoms with E-state index < -0.39 is 0 Å². The quantitative estimate of drug-likeness (QED) is 0.707. The van der Waals surface area contributed by atoms with Crippen LogP contribution in [0.2, 0.25) is 0 Å². The minimum Gasteiger partial charge on any atom is -0.272 e. The van der Waals surface area contributed by atoms with Crippen LogP contribution >= 0.6 is 0 Å². The molecule has 0 radical (unpaired) electrons. The zero-order valence-corrected chi connectivity index (χ0v) is 11.6. The third-order valence-corrected chi connectivity index (χ3v) is 2.87. The van der Waals surface area contributed by atoms with Gasteiger partial charge in [0.2, 0.25) is 0 Å². The van der Waals surface area contributed by atoms with E-state index in [0.717, 1.165) is 17.2 Å². The molecule has 0 N–H and O–H groups in total. The fourth-order valence-electron chi connectivity index (χ4n) is 1.92. The molecular weight excluding hydrogens is 254 g/mol. The van der Waals surface area contributed by atoms with E-state index >= 15 is 0 Å². The maximum absolute atomic E-state index is 4.40. The predicted octanol–water partition coefficient (Wildman–Crippen LogP) is 1.68. The number of pyridine rings is 1. The van der Waals surface area contributed by atoms with Crippen LogP contribution < -0.4 is 0 Å². The topological polar surface area (TPSA) is 74.3 Å². The van der Waals surface area contributed by atoms with E-state index in [1.165, 1.54) is 0 Å². The van der Waals surface area contributed by atoms with Crippen LogP contribution in [0.5, 0.6) is 0 Å². The van der Waals surface area contributed by atoms with Crippen molar-refractivity contribution >= 4 is 0 Å². The molecule has 0 amide bonds. The number of hydrogen-bond acceptors (Lipinski definition) is 5. The van der Waals surface area contributed by atoms with Crippen LogP contribution in [-0.4, -0.2) is 34.5 Å². The van der Waals surface area contributed by atoms with Crippen LogP contribution in [0.25, 0.3) is 17.2 Å². The van der Waals surface area contributed by atoms with Gasteiger partial charge in [0.1, 0.15) is 24.8 Å². The Bertz CT molecular complexity index is 689. The molecule has 0 unspecified atom stereocenters. The molecule has 3 rings (SSSR count). The molecule has 0 saturated heterocycles. The van der Waals surface area contributed by atoms with E-state index in [2.05, 4.69) is 46.0 Å². The highest BCUT2D eigenvalue weighted by Gasteiger charge is 2.19. The molecule has 3 aromatic rings. The van der Waals surface area contributed by atoms with Gasteiger partial charge in [0.25, 0.3) is 0 Å². The van der Waals surface area contributed by atoms with Crippen molar-refractivity contribution in [2.24, 2.45) is 0 Å². The van der Waals surface area contributed by atoms with Crippen LogP contribution in [0, 0.1) is 0 Å². The average molecular weight is 269 g/mol. The summed E-state index contributed by atoms with van der Waals surface area (Å²) in [5, 5.41) is 11.8. The van der Waals surface area contributed by atoms with Gasteiger partial charge in [-0.25, -0.2) is 14.6 Å². The summed E-state index contributed by atoms with van der Waals surface area (Å²) < 4.78 is 3.64. The summed E-state index contributed by atoms with van der Waals surface area (Å²) in [5.41, 5.74) is 0.799. The van der Waals surface area contributed by atoms with Crippen molar-refractivity contribution in [3.63, 3.8) is 0 Å². The summed E-state index contributed by atoms with van der Waals surface area (Å²) in [6, 6.07) is 3.87. The van der Waals surface area contributed by atoms with Crippen molar-refractivity contribution < 1.29 is 0 Å². The molecule has 0 atom stereocenters. The Labute approximate surface area is 116 Å². The second kappa shape index (κ2) is 4.52. The third kappa shape index (κ3) is 2.18. The Kier molecular flexibility index (Phi) is 2.81. The maximum Gasteiger partial charge on any atom is 0.160 e. The van der Waals surface area contributed by atoms with E-state index in [0.29, 0.717) is 0 Å². The highest BCUT2D eigenvalue weighted by atomic mass is 15.4. The largest absolute Gasteiger partial charge is 0.272 e. The molecule has 0 bridgehead atoms. The van der Waals surface area contributed by atoms with Gasteiger partial charge in [0, 0.05) is 11.8 Å². The van der Waals surface area contributed by atoms with Gasteiger partial charge in [0.05, 0.1) is 5.54 Å². The molecule has 7 nitrogen and oxygen atoms in total. The molecule has 3 aromatic heterocycles. The number of aromatic nitrogens is 7. The Balaban J connectivity index is 1.98. The summed E-state index contributed by atoms with van der Waals surface area (Å²) in [6.45, 7) is 6.26. The first-order chi connectivity index (χ1) is 9.55. The van der Waals surface area contributed by atoms with Gasteiger partial charge in [-0.15, -0.1) is 10.2 Å². The molecule has 3 heterocycles. The average Bonchev–Trinajstić information content (AvgIpc) is 3.10. The zero-order chi connectivity index (χ0) is 14.2. The van der Waals surface area contributed by atoms with E-state index in [9.17, 15) is 0 Å². The molecule has 0 saturated carbocycles. The van der Waals surface area contributed by atoms with E-state index in [1.54, 1.807) is 29.7 Å². The molecule has 20 heavy (non-hydrogen) atoms. The molecule has 0 aliphatic heterocycles. The summed E-state index contributed by atoms with van der Waals surface area (Å²) in [4.78, 5) is 8.73. The Hall–Kier alpha value is -2.57. The second-order valence-corrected chi connectivity index (χ2v) is 5.44. The molecule has 0 aliphatic carbocycles. The third-order valence-electron chi connectivity index (χ3n) is 2.87.